The first-order valence-electron chi connectivity index (χ1n) is 6.59. The van der Waals surface area contributed by atoms with Crippen molar-refractivity contribution in [3.63, 3.8) is 0 Å². The Morgan fingerprint density at radius 1 is 1.30 bits per heavy atom. The average Bonchev–Trinajstić information content (AvgIpc) is 2.96. The standard InChI is InChI=1S/C13H13N5O5/c1-9-11(3-2-4-12(9)18(22)23)15-13(19)5-6-16-8-10(7-14-16)17(20)21/h2-4,7-8H,5-6H2,1H3,(H,15,19). The molecule has 0 aliphatic carbocycles. The van der Waals surface area contributed by atoms with Gasteiger partial charge in [-0.2, -0.15) is 5.10 Å². The summed E-state index contributed by atoms with van der Waals surface area (Å²) in [5, 5.41) is 27.8. The third-order valence-electron chi connectivity index (χ3n) is 3.17. The quantitative estimate of drug-likeness (QED) is 0.639. The van der Waals surface area contributed by atoms with E-state index in [1.807, 2.05) is 0 Å². The minimum absolute atomic E-state index is 0.0287. The van der Waals surface area contributed by atoms with Crippen molar-refractivity contribution >= 4 is 23.0 Å². The number of hydrogen-bond acceptors (Lipinski definition) is 6. The highest BCUT2D eigenvalue weighted by molar-refractivity contribution is 5.92. The molecule has 10 heteroatoms. The summed E-state index contributed by atoms with van der Waals surface area (Å²) in [7, 11) is 0. The maximum absolute atomic E-state index is 11.9. The van der Waals surface area contributed by atoms with Gasteiger partial charge < -0.3 is 5.32 Å². The maximum atomic E-state index is 11.9. The van der Waals surface area contributed by atoms with Crippen molar-refractivity contribution in [2.45, 2.75) is 19.9 Å². The van der Waals surface area contributed by atoms with Crippen LogP contribution in [0.3, 0.4) is 0 Å². The molecule has 1 aromatic heterocycles. The summed E-state index contributed by atoms with van der Waals surface area (Å²) in [6.07, 6.45) is 2.36. The molecule has 23 heavy (non-hydrogen) atoms. The van der Waals surface area contributed by atoms with Crippen LogP contribution < -0.4 is 5.32 Å². The number of nitro groups is 2. The molecule has 0 aliphatic rings. The second kappa shape index (κ2) is 6.64. The van der Waals surface area contributed by atoms with Crippen LogP contribution in [-0.4, -0.2) is 25.5 Å². The summed E-state index contributed by atoms with van der Waals surface area (Å²) < 4.78 is 1.29. The van der Waals surface area contributed by atoms with Crippen LogP contribution in [0.2, 0.25) is 0 Å². The zero-order valence-electron chi connectivity index (χ0n) is 12.1. The van der Waals surface area contributed by atoms with Crippen LogP contribution in [0.1, 0.15) is 12.0 Å². The van der Waals surface area contributed by atoms with Crippen molar-refractivity contribution in [1.82, 2.24) is 9.78 Å². The van der Waals surface area contributed by atoms with Gasteiger partial charge >= 0.3 is 5.69 Å². The van der Waals surface area contributed by atoms with Gasteiger partial charge in [-0.25, -0.2) is 0 Å². The molecule has 0 saturated carbocycles. The summed E-state index contributed by atoms with van der Waals surface area (Å²) in [4.78, 5) is 32.2. The van der Waals surface area contributed by atoms with E-state index >= 15 is 0 Å². The highest BCUT2D eigenvalue weighted by Gasteiger charge is 2.15. The maximum Gasteiger partial charge on any atom is 0.306 e. The highest BCUT2D eigenvalue weighted by atomic mass is 16.6. The summed E-state index contributed by atoms with van der Waals surface area (Å²) >= 11 is 0. The molecule has 2 rings (SSSR count). The molecule has 0 atom stereocenters. The third kappa shape index (κ3) is 3.87. The van der Waals surface area contributed by atoms with Gasteiger partial charge in [-0.15, -0.1) is 0 Å². The number of nitro benzene ring substituents is 1. The number of aryl methyl sites for hydroxylation is 1. The molecule has 2 aromatic rings. The number of rotatable bonds is 6. The van der Waals surface area contributed by atoms with Gasteiger partial charge in [0.15, 0.2) is 0 Å². The molecule has 1 amide bonds. The molecule has 1 N–H and O–H groups in total. The van der Waals surface area contributed by atoms with Crippen molar-refractivity contribution in [2.24, 2.45) is 0 Å². The molecule has 120 valence electrons. The van der Waals surface area contributed by atoms with E-state index in [2.05, 4.69) is 10.4 Å². The zero-order valence-corrected chi connectivity index (χ0v) is 12.1. The number of anilines is 1. The Hall–Kier alpha value is -3.30. The first kappa shape index (κ1) is 16.1. The van der Waals surface area contributed by atoms with Gasteiger partial charge in [0.1, 0.15) is 12.4 Å². The van der Waals surface area contributed by atoms with Gasteiger partial charge in [0.2, 0.25) is 5.91 Å². The predicted octanol–water partition coefficient (Wildman–Crippen LogP) is 2.04. The molecule has 0 bridgehead atoms. The largest absolute Gasteiger partial charge is 0.326 e. The summed E-state index contributed by atoms with van der Waals surface area (Å²) in [5.74, 6) is -0.369. The minimum atomic E-state index is -0.573. The van der Waals surface area contributed by atoms with Gasteiger partial charge in [-0.3, -0.25) is 29.7 Å². The van der Waals surface area contributed by atoms with E-state index in [-0.39, 0.29) is 30.2 Å². The molecule has 0 radical (unpaired) electrons. The Bertz CT molecular complexity index is 770. The molecule has 10 nitrogen and oxygen atoms in total. The van der Waals surface area contributed by atoms with Crippen molar-refractivity contribution < 1.29 is 14.6 Å². The zero-order chi connectivity index (χ0) is 17.0. The van der Waals surface area contributed by atoms with Crippen molar-refractivity contribution in [1.29, 1.82) is 0 Å². The van der Waals surface area contributed by atoms with Crippen LogP contribution in [0.4, 0.5) is 17.1 Å². The molecule has 0 unspecified atom stereocenters. The van der Waals surface area contributed by atoms with E-state index in [1.165, 1.54) is 23.0 Å². The van der Waals surface area contributed by atoms with E-state index in [9.17, 15) is 25.0 Å². The van der Waals surface area contributed by atoms with Crippen molar-refractivity contribution in [3.8, 4) is 0 Å². The number of nitrogens with zero attached hydrogens (tertiary/aromatic N) is 4. The Morgan fingerprint density at radius 2 is 2.04 bits per heavy atom. The van der Waals surface area contributed by atoms with Crippen LogP contribution in [0.5, 0.6) is 0 Å². The molecular weight excluding hydrogens is 306 g/mol. The molecule has 0 saturated heterocycles. The fourth-order valence-electron chi connectivity index (χ4n) is 1.95. The van der Waals surface area contributed by atoms with Gasteiger partial charge in [0, 0.05) is 19.0 Å². The third-order valence-corrected chi connectivity index (χ3v) is 3.17. The topological polar surface area (TPSA) is 133 Å². The summed E-state index contributed by atoms with van der Waals surface area (Å²) in [6.45, 7) is 1.71. The van der Waals surface area contributed by atoms with Crippen LogP contribution in [0.25, 0.3) is 0 Å². The summed E-state index contributed by atoms with van der Waals surface area (Å²) in [5.41, 5.74) is 0.488. The van der Waals surface area contributed by atoms with Gasteiger partial charge in [-0.1, -0.05) is 6.07 Å². The molecule has 0 spiro atoms. The van der Waals surface area contributed by atoms with E-state index in [0.29, 0.717) is 11.3 Å². The average molecular weight is 319 g/mol. The number of nitrogens with one attached hydrogen (secondary N) is 1. The van der Waals surface area contributed by atoms with Crippen LogP contribution in [0.15, 0.2) is 30.6 Å². The first-order valence-corrected chi connectivity index (χ1v) is 6.59. The molecule has 1 aromatic carbocycles. The lowest BCUT2D eigenvalue weighted by Gasteiger charge is -2.08. The minimum Gasteiger partial charge on any atom is -0.326 e. The van der Waals surface area contributed by atoms with Crippen LogP contribution >= 0.6 is 0 Å². The van der Waals surface area contributed by atoms with Gasteiger partial charge in [-0.05, 0) is 13.0 Å². The van der Waals surface area contributed by atoms with E-state index in [0.717, 1.165) is 6.20 Å². The van der Waals surface area contributed by atoms with Crippen molar-refractivity contribution in [3.05, 3.63) is 56.4 Å². The van der Waals surface area contributed by atoms with E-state index in [1.54, 1.807) is 13.0 Å². The first-order chi connectivity index (χ1) is 10.9. The Labute approximate surface area is 130 Å². The fraction of sp³-hybridized carbons (Fsp3) is 0.231. The normalized spacial score (nSPS) is 10.3. The van der Waals surface area contributed by atoms with Crippen LogP contribution in [-0.2, 0) is 11.3 Å². The monoisotopic (exact) mass is 319 g/mol. The predicted molar refractivity (Wildman–Crippen MR) is 80.0 cm³/mol. The van der Waals surface area contributed by atoms with E-state index < -0.39 is 9.85 Å². The highest BCUT2D eigenvalue weighted by Crippen LogP contribution is 2.25. The number of aromatic nitrogens is 2. The van der Waals surface area contributed by atoms with E-state index in [4.69, 9.17) is 0 Å². The SMILES string of the molecule is Cc1c(NC(=O)CCn2cc([N+](=O)[O-])cn2)cccc1[N+](=O)[O-]. The Balaban J connectivity index is 1.98. The molecule has 0 aliphatic heterocycles. The second-order valence-electron chi connectivity index (χ2n) is 4.72. The van der Waals surface area contributed by atoms with Gasteiger partial charge in [0.05, 0.1) is 21.1 Å². The lowest BCUT2D eigenvalue weighted by atomic mass is 10.1. The smallest absolute Gasteiger partial charge is 0.306 e. The fourth-order valence-corrected chi connectivity index (χ4v) is 1.95. The van der Waals surface area contributed by atoms with Gasteiger partial charge in [0.25, 0.3) is 5.69 Å². The Morgan fingerprint density at radius 3 is 2.65 bits per heavy atom. The lowest BCUT2D eigenvalue weighted by Crippen LogP contribution is -2.15. The number of benzene rings is 1. The number of carbonyl (C=O) groups excluding carboxylic acids is 1. The second-order valence-corrected chi connectivity index (χ2v) is 4.72. The summed E-state index contributed by atoms with van der Waals surface area (Å²) in [6, 6.07) is 4.41. The molecule has 1 heterocycles. The Kier molecular flexibility index (Phi) is 4.64. The number of hydrogen-bond donors (Lipinski definition) is 1. The lowest BCUT2D eigenvalue weighted by molar-refractivity contribution is -0.385. The number of carbonyl (C=O) groups is 1. The van der Waals surface area contributed by atoms with Crippen LogP contribution in [0, 0.1) is 27.2 Å². The number of amides is 1. The van der Waals surface area contributed by atoms with Crippen molar-refractivity contribution in [2.75, 3.05) is 5.32 Å². The molecular formula is C13H13N5O5. The molecule has 0 fully saturated rings.